The van der Waals surface area contributed by atoms with Crippen molar-refractivity contribution in [1.82, 2.24) is 5.32 Å². The first-order valence-corrected chi connectivity index (χ1v) is 6.67. The maximum Gasteiger partial charge on any atom is 0.320 e. The molecule has 5 N–H and O–H groups in total. The Morgan fingerprint density at radius 2 is 1.52 bits per heavy atom. The molecule has 0 aliphatic heterocycles. The highest BCUT2D eigenvalue weighted by Gasteiger charge is 2.24. The number of ketones is 1. The number of nitrogens with two attached hydrogens (primary N) is 1. The van der Waals surface area contributed by atoms with Crippen LogP contribution in [0.3, 0.4) is 0 Å². The molecule has 0 heterocycles. The molecule has 0 unspecified atom stereocenters. The molecule has 0 aromatic heterocycles. The summed E-state index contributed by atoms with van der Waals surface area (Å²) in [7, 11) is 0. The first-order chi connectivity index (χ1) is 9.65. The second-order valence-corrected chi connectivity index (χ2v) is 5.13. The van der Waals surface area contributed by atoms with Gasteiger partial charge in [0.25, 0.3) is 0 Å². The fraction of sp³-hybridized carbons (Fsp3) is 0.692. The van der Waals surface area contributed by atoms with Crippen molar-refractivity contribution in [2.75, 3.05) is 0 Å². The molecule has 2 atom stereocenters. The third-order valence-electron chi connectivity index (χ3n) is 2.91. The van der Waals surface area contributed by atoms with Gasteiger partial charge in [-0.15, -0.1) is 0 Å². The zero-order chi connectivity index (χ0) is 16.6. The Bertz CT molecular complexity index is 417. The van der Waals surface area contributed by atoms with Crippen molar-refractivity contribution < 1.29 is 29.4 Å². The summed E-state index contributed by atoms with van der Waals surface area (Å²) in [6, 6.07) is -1.91. The lowest BCUT2D eigenvalue weighted by Crippen LogP contribution is -2.45. The Labute approximate surface area is 149 Å². The molecule has 0 radical (unpaired) electrons. The summed E-state index contributed by atoms with van der Waals surface area (Å²) in [6.45, 7) is 3.46. The fourth-order valence-corrected chi connectivity index (χ4v) is 1.66. The van der Waals surface area contributed by atoms with Crippen molar-refractivity contribution in [3.63, 3.8) is 0 Å². The van der Waals surface area contributed by atoms with Crippen LogP contribution in [-0.2, 0) is 19.2 Å². The van der Waals surface area contributed by atoms with Gasteiger partial charge in [0.05, 0.1) is 12.5 Å². The van der Waals surface area contributed by atoms with Gasteiger partial charge >= 0.3 is 11.9 Å². The standard InChI is InChI=1S/C13H22N2O6.2H2S/c1-7(2)12(9(16)4-6-11(18)19)15-10(17)5-3-8(14)13(20)21;;/h7-8,12H,3-6,14H2,1-2H3,(H,15,17)(H,18,19)(H,20,21);2*1H2/t8-,12-;;/m0../s1. The van der Waals surface area contributed by atoms with Gasteiger partial charge in [-0.25, -0.2) is 0 Å². The molecule has 0 saturated heterocycles. The van der Waals surface area contributed by atoms with E-state index in [-0.39, 0.29) is 64.4 Å². The molecule has 0 aromatic rings. The van der Waals surface area contributed by atoms with Crippen LogP contribution in [0.1, 0.15) is 39.5 Å². The van der Waals surface area contributed by atoms with E-state index in [2.05, 4.69) is 5.32 Å². The van der Waals surface area contributed by atoms with E-state index in [4.69, 9.17) is 15.9 Å². The molecule has 0 aromatic carbocycles. The number of carboxylic acids is 2. The van der Waals surface area contributed by atoms with E-state index in [1.807, 2.05) is 0 Å². The number of nitrogens with one attached hydrogen (secondary N) is 1. The SMILES string of the molecule is CC(C)[C@H](NC(=O)CC[C@H](N)C(=O)O)C(=O)CCC(=O)O.S.S. The summed E-state index contributed by atoms with van der Waals surface area (Å²) in [6.07, 6.45) is -0.590. The van der Waals surface area contributed by atoms with Crippen molar-refractivity contribution in [2.24, 2.45) is 11.7 Å². The van der Waals surface area contributed by atoms with E-state index in [1.165, 1.54) is 0 Å². The number of aliphatic carboxylic acids is 2. The molecule has 8 nitrogen and oxygen atoms in total. The van der Waals surface area contributed by atoms with Crippen LogP contribution in [0, 0.1) is 5.92 Å². The first-order valence-electron chi connectivity index (χ1n) is 6.67. The van der Waals surface area contributed by atoms with Gasteiger partial charge in [0.1, 0.15) is 6.04 Å². The Kier molecular flexibility index (Phi) is 15.3. The molecule has 0 aliphatic rings. The largest absolute Gasteiger partial charge is 0.481 e. The number of Topliss-reactive ketones (excluding diaryl/α,β-unsaturated/α-hetero) is 1. The van der Waals surface area contributed by atoms with E-state index in [0.29, 0.717) is 0 Å². The molecule has 0 aliphatic carbocycles. The molecular formula is C13H26N2O6S2. The maximum atomic E-state index is 11.9. The van der Waals surface area contributed by atoms with Crippen LogP contribution in [0.25, 0.3) is 0 Å². The smallest absolute Gasteiger partial charge is 0.320 e. The molecule has 23 heavy (non-hydrogen) atoms. The first kappa shape index (κ1) is 26.6. The van der Waals surface area contributed by atoms with Crippen LogP contribution >= 0.6 is 27.0 Å². The topological polar surface area (TPSA) is 147 Å². The molecule has 136 valence electrons. The van der Waals surface area contributed by atoms with Crippen LogP contribution < -0.4 is 11.1 Å². The number of rotatable bonds is 10. The highest BCUT2D eigenvalue weighted by molar-refractivity contribution is 7.59. The summed E-state index contributed by atoms with van der Waals surface area (Å²) >= 11 is 0. The van der Waals surface area contributed by atoms with Gasteiger partial charge in [0, 0.05) is 12.8 Å². The molecule has 0 fully saturated rings. The average molecular weight is 370 g/mol. The van der Waals surface area contributed by atoms with Crippen LogP contribution in [0.15, 0.2) is 0 Å². The van der Waals surface area contributed by atoms with E-state index in [1.54, 1.807) is 13.8 Å². The van der Waals surface area contributed by atoms with E-state index in [0.717, 1.165) is 0 Å². The monoisotopic (exact) mass is 370 g/mol. The minimum Gasteiger partial charge on any atom is -0.481 e. The second-order valence-electron chi connectivity index (χ2n) is 5.13. The minimum atomic E-state index is -1.19. The van der Waals surface area contributed by atoms with Crippen molar-refractivity contribution in [1.29, 1.82) is 0 Å². The lowest BCUT2D eigenvalue weighted by Gasteiger charge is -2.21. The number of hydrogen-bond donors (Lipinski definition) is 4. The summed E-state index contributed by atoms with van der Waals surface area (Å²) in [5.74, 6) is -3.30. The maximum absolute atomic E-state index is 11.9. The highest BCUT2D eigenvalue weighted by Crippen LogP contribution is 2.08. The molecule has 0 bridgehead atoms. The van der Waals surface area contributed by atoms with Gasteiger partial charge in [-0.2, -0.15) is 27.0 Å². The van der Waals surface area contributed by atoms with E-state index in [9.17, 15) is 19.2 Å². The van der Waals surface area contributed by atoms with E-state index < -0.39 is 29.9 Å². The summed E-state index contributed by atoms with van der Waals surface area (Å²) in [5.41, 5.74) is 5.28. The van der Waals surface area contributed by atoms with Gasteiger partial charge in [-0.05, 0) is 12.3 Å². The normalized spacial score (nSPS) is 12.3. The quantitative estimate of drug-likeness (QED) is 0.422. The van der Waals surface area contributed by atoms with Gasteiger partial charge in [-0.1, -0.05) is 13.8 Å². The molecule has 0 saturated carbocycles. The van der Waals surface area contributed by atoms with Crippen LogP contribution in [0.4, 0.5) is 0 Å². The summed E-state index contributed by atoms with van der Waals surface area (Å²) in [4.78, 5) is 44.6. The number of hydrogen-bond acceptors (Lipinski definition) is 5. The minimum absolute atomic E-state index is 0. The summed E-state index contributed by atoms with van der Waals surface area (Å²) in [5, 5.41) is 19.7. The van der Waals surface area contributed by atoms with Crippen molar-refractivity contribution in [3.05, 3.63) is 0 Å². The Hall–Kier alpha value is -1.26. The third-order valence-corrected chi connectivity index (χ3v) is 2.91. The molecular weight excluding hydrogens is 344 g/mol. The lowest BCUT2D eigenvalue weighted by atomic mass is 9.96. The van der Waals surface area contributed by atoms with Gasteiger partial charge in [-0.3, -0.25) is 19.2 Å². The summed E-state index contributed by atoms with van der Waals surface area (Å²) < 4.78 is 0. The predicted molar refractivity (Wildman–Crippen MR) is 94.3 cm³/mol. The van der Waals surface area contributed by atoms with Gasteiger partial charge < -0.3 is 21.3 Å². The van der Waals surface area contributed by atoms with Crippen molar-refractivity contribution >= 4 is 50.6 Å². The highest BCUT2D eigenvalue weighted by atomic mass is 32.1. The zero-order valence-corrected chi connectivity index (χ0v) is 15.2. The molecule has 0 rings (SSSR count). The van der Waals surface area contributed by atoms with Crippen LogP contribution in [0.5, 0.6) is 0 Å². The number of carbonyl (C=O) groups is 4. The van der Waals surface area contributed by atoms with Crippen molar-refractivity contribution in [2.45, 2.75) is 51.6 Å². The van der Waals surface area contributed by atoms with Crippen LogP contribution in [-0.4, -0.2) is 45.9 Å². The van der Waals surface area contributed by atoms with Crippen LogP contribution in [0.2, 0.25) is 0 Å². The number of carbonyl (C=O) groups excluding carboxylic acids is 2. The van der Waals surface area contributed by atoms with Gasteiger partial charge in [0.15, 0.2) is 5.78 Å². The fourth-order valence-electron chi connectivity index (χ4n) is 1.66. The molecule has 10 heteroatoms. The third kappa shape index (κ3) is 11.9. The van der Waals surface area contributed by atoms with E-state index >= 15 is 0 Å². The van der Waals surface area contributed by atoms with Crippen molar-refractivity contribution in [3.8, 4) is 0 Å². The number of amides is 1. The number of carboxylic acid groups (broad SMARTS) is 2. The lowest BCUT2D eigenvalue weighted by molar-refractivity contribution is -0.139. The predicted octanol–water partition coefficient (Wildman–Crippen LogP) is -0.0212. The second kappa shape index (κ2) is 13.2. The zero-order valence-electron chi connectivity index (χ0n) is 13.2. The Morgan fingerprint density at radius 1 is 1.00 bits per heavy atom. The molecule has 1 amide bonds. The average Bonchev–Trinajstić information content (AvgIpc) is 2.38. The molecule has 0 spiro atoms. The van der Waals surface area contributed by atoms with Gasteiger partial charge in [0.2, 0.25) is 5.91 Å². The Balaban J connectivity index is -0.00000200. The Morgan fingerprint density at radius 3 is 1.91 bits per heavy atom.